The molecule has 0 aliphatic heterocycles. The normalized spacial score (nSPS) is 9.94. The molecular formula is C11H12N4O2. The van der Waals surface area contributed by atoms with Gasteiger partial charge >= 0.3 is 0 Å². The maximum absolute atomic E-state index is 11.7. The lowest BCUT2D eigenvalue weighted by Crippen LogP contribution is -2.22. The summed E-state index contributed by atoms with van der Waals surface area (Å²) in [5.41, 5.74) is 3.80. The monoisotopic (exact) mass is 232 g/mol. The average Bonchev–Trinajstić information content (AvgIpc) is 2.89. The molecule has 6 heteroatoms. The maximum atomic E-state index is 11.7. The zero-order valence-electron chi connectivity index (χ0n) is 9.01. The van der Waals surface area contributed by atoms with Gasteiger partial charge in [-0.2, -0.15) is 0 Å². The minimum Gasteiger partial charge on any atom is -0.360 e. The molecule has 0 aliphatic rings. The van der Waals surface area contributed by atoms with E-state index in [1.54, 1.807) is 30.3 Å². The van der Waals surface area contributed by atoms with Gasteiger partial charge in [-0.15, -0.1) is 0 Å². The molecule has 1 aromatic heterocycles. The Morgan fingerprint density at radius 2 is 2.06 bits per heavy atom. The third-order valence-electron chi connectivity index (χ3n) is 2.23. The third-order valence-corrected chi connectivity index (χ3v) is 2.23. The zero-order chi connectivity index (χ0) is 12.1. The summed E-state index contributed by atoms with van der Waals surface area (Å²) < 4.78 is 4.87. The van der Waals surface area contributed by atoms with E-state index < -0.39 is 0 Å². The van der Waals surface area contributed by atoms with Gasteiger partial charge in [0.1, 0.15) is 0 Å². The first kappa shape index (κ1) is 11.2. The minimum atomic E-state index is -0.176. The van der Waals surface area contributed by atoms with E-state index in [0.29, 0.717) is 17.9 Å². The van der Waals surface area contributed by atoms with Crippen LogP contribution in [0.25, 0.3) is 0 Å². The molecule has 0 fully saturated rings. The Hall–Kier alpha value is -2.34. The number of hydrogen-bond donors (Lipinski definition) is 3. The summed E-state index contributed by atoms with van der Waals surface area (Å²) in [4.78, 5) is 11.7. The van der Waals surface area contributed by atoms with E-state index in [1.807, 2.05) is 0 Å². The highest BCUT2D eigenvalue weighted by Crippen LogP contribution is 2.08. The van der Waals surface area contributed by atoms with Crippen molar-refractivity contribution in [3.8, 4) is 0 Å². The number of amides is 1. The summed E-state index contributed by atoms with van der Waals surface area (Å²) >= 11 is 0. The van der Waals surface area contributed by atoms with Gasteiger partial charge in [0.05, 0.1) is 12.7 Å². The van der Waals surface area contributed by atoms with E-state index >= 15 is 0 Å². The van der Waals surface area contributed by atoms with Gasteiger partial charge < -0.3 is 15.3 Å². The molecule has 6 nitrogen and oxygen atoms in total. The number of carbonyl (C=O) groups excluding carboxylic acids is 1. The van der Waals surface area contributed by atoms with Crippen LogP contribution in [0, 0.1) is 0 Å². The lowest BCUT2D eigenvalue weighted by atomic mass is 10.2. The summed E-state index contributed by atoms with van der Waals surface area (Å²) in [5, 5.41) is 6.26. The molecule has 1 amide bonds. The number of nitrogens with two attached hydrogens (primary N) is 1. The highest BCUT2D eigenvalue weighted by molar-refractivity contribution is 5.94. The highest BCUT2D eigenvalue weighted by atomic mass is 16.5. The number of nitrogens with one attached hydrogen (secondary N) is 2. The lowest BCUT2D eigenvalue weighted by Gasteiger charge is -2.04. The molecule has 0 saturated carbocycles. The predicted molar refractivity (Wildman–Crippen MR) is 61.9 cm³/mol. The molecule has 0 radical (unpaired) electrons. The number of aromatic nitrogens is 1. The fourth-order valence-corrected chi connectivity index (χ4v) is 1.32. The maximum Gasteiger partial charge on any atom is 0.251 e. The van der Waals surface area contributed by atoms with Crippen LogP contribution in [-0.2, 0) is 6.54 Å². The predicted octanol–water partition coefficient (Wildman–Crippen LogP) is 0.890. The van der Waals surface area contributed by atoms with Crippen LogP contribution in [0.2, 0.25) is 0 Å². The summed E-state index contributed by atoms with van der Waals surface area (Å²) in [6.07, 6.45) is 1.53. The Kier molecular flexibility index (Phi) is 3.37. The Balaban J connectivity index is 1.95. The van der Waals surface area contributed by atoms with E-state index in [4.69, 9.17) is 10.4 Å². The molecule has 2 rings (SSSR count). The second-order valence-corrected chi connectivity index (χ2v) is 3.38. The van der Waals surface area contributed by atoms with Gasteiger partial charge in [-0.3, -0.25) is 10.6 Å². The van der Waals surface area contributed by atoms with Crippen LogP contribution < -0.4 is 16.6 Å². The number of anilines is 1. The van der Waals surface area contributed by atoms with Crippen molar-refractivity contribution in [3.05, 3.63) is 47.9 Å². The third kappa shape index (κ3) is 2.82. The van der Waals surface area contributed by atoms with Gasteiger partial charge in [0.15, 0.2) is 5.76 Å². The fourth-order valence-electron chi connectivity index (χ4n) is 1.32. The number of hydrazine groups is 1. The molecule has 2 aromatic rings. The lowest BCUT2D eigenvalue weighted by molar-refractivity contribution is 0.0947. The molecule has 0 unspecified atom stereocenters. The Morgan fingerprint density at radius 1 is 1.29 bits per heavy atom. The summed E-state index contributed by atoms with van der Waals surface area (Å²) in [6.45, 7) is 0.315. The van der Waals surface area contributed by atoms with Crippen LogP contribution >= 0.6 is 0 Å². The molecule has 0 spiro atoms. The summed E-state index contributed by atoms with van der Waals surface area (Å²) in [6, 6.07) is 8.52. The van der Waals surface area contributed by atoms with Gasteiger partial charge in [-0.25, -0.2) is 0 Å². The van der Waals surface area contributed by atoms with Crippen LogP contribution in [0.15, 0.2) is 41.1 Å². The van der Waals surface area contributed by atoms with Crippen LogP contribution in [0.3, 0.4) is 0 Å². The van der Waals surface area contributed by atoms with Gasteiger partial charge in [0.2, 0.25) is 0 Å². The van der Waals surface area contributed by atoms with E-state index in [0.717, 1.165) is 5.69 Å². The van der Waals surface area contributed by atoms with E-state index in [2.05, 4.69) is 15.9 Å². The molecule has 0 bridgehead atoms. The fraction of sp³-hybridized carbons (Fsp3) is 0.0909. The van der Waals surface area contributed by atoms with E-state index in [1.165, 1.54) is 6.20 Å². The summed E-state index contributed by atoms with van der Waals surface area (Å²) in [7, 11) is 0. The molecule has 0 aliphatic carbocycles. The van der Waals surface area contributed by atoms with Crippen LogP contribution in [-0.4, -0.2) is 11.1 Å². The Bertz CT molecular complexity index is 479. The highest BCUT2D eigenvalue weighted by Gasteiger charge is 2.06. The summed E-state index contributed by atoms with van der Waals surface area (Å²) in [5.74, 6) is 5.66. The van der Waals surface area contributed by atoms with Gasteiger partial charge in [0, 0.05) is 17.3 Å². The molecule has 4 N–H and O–H groups in total. The number of rotatable bonds is 4. The van der Waals surface area contributed by atoms with Crippen molar-refractivity contribution >= 4 is 11.6 Å². The van der Waals surface area contributed by atoms with Gasteiger partial charge in [-0.05, 0) is 24.3 Å². The first-order valence-electron chi connectivity index (χ1n) is 5.04. The van der Waals surface area contributed by atoms with Crippen molar-refractivity contribution in [1.82, 2.24) is 10.5 Å². The first-order valence-corrected chi connectivity index (χ1v) is 5.04. The molecule has 1 aromatic carbocycles. The molecule has 0 atom stereocenters. The average molecular weight is 232 g/mol. The smallest absolute Gasteiger partial charge is 0.251 e. The number of nitrogen functional groups attached to an aromatic ring is 1. The first-order chi connectivity index (χ1) is 8.29. The van der Waals surface area contributed by atoms with Crippen molar-refractivity contribution in [2.24, 2.45) is 5.84 Å². The molecule has 17 heavy (non-hydrogen) atoms. The number of benzene rings is 1. The number of carbonyl (C=O) groups is 1. The van der Waals surface area contributed by atoms with Crippen LogP contribution in [0.5, 0.6) is 0 Å². The van der Waals surface area contributed by atoms with Crippen LogP contribution in [0.1, 0.15) is 16.1 Å². The molecular weight excluding hydrogens is 220 g/mol. The number of hydrogen-bond acceptors (Lipinski definition) is 5. The Labute approximate surface area is 97.8 Å². The van der Waals surface area contributed by atoms with Crippen molar-refractivity contribution in [3.63, 3.8) is 0 Å². The standard InChI is InChI=1S/C11H12N4O2/c12-15-9-3-1-8(2-4-9)11(16)13-7-10-5-6-14-17-10/h1-6,15H,7,12H2,(H,13,16). The second kappa shape index (κ2) is 5.13. The van der Waals surface area contributed by atoms with E-state index in [-0.39, 0.29) is 5.91 Å². The largest absolute Gasteiger partial charge is 0.360 e. The molecule has 88 valence electrons. The molecule has 0 saturated heterocycles. The van der Waals surface area contributed by atoms with E-state index in [9.17, 15) is 4.79 Å². The van der Waals surface area contributed by atoms with Crippen molar-refractivity contribution < 1.29 is 9.32 Å². The Morgan fingerprint density at radius 3 is 2.65 bits per heavy atom. The van der Waals surface area contributed by atoms with Crippen molar-refractivity contribution in [2.45, 2.75) is 6.54 Å². The van der Waals surface area contributed by atoms with Crippen molar-refractivity contribution in [2.75, 3.05) is 5.43 Å². The second-order valence-electron chi connectivity index (χ2n) is 3.38. The zero-order valence-corrected chi connectivity index (χ0v) is 9.01. The van der Waals surface area contributed by atoms with Gasteiger partial charge in [-0.1, -0.05) is 5.16 Å². The molecule has 1 heterocycles. The quantitative estimate of drug-likeness (QED) is 0.537. The van der Waals surface area contributed by atoms with Gasteiger partial charge in [0.25, 0.3) is 5.91 Å². The van der Waals surface area contributed by atoms with Crippen molar-refractivity contribution in [1.29, 1.82) is 0 Å². The topological polar surface area (TPSA) is 93.2 Å². The number of nitrogens with zero attached hydrogens (tertiary/aromatic N) is 1. The SMILES string of the molecule is NNc1ccc(C(=O)NCc2ccno2)cc1. The minimum absolute atomic E-state index is 0.176. The van der Waals surface area contributed by atoms with Crippen LogP contribution in [0.4, 0.5) is 5.69 Å².